The third-order valence-electron chi connectivity index (χ3n) is 4.10. The fourth-order valence-corrected chi connectivity index (χ4v) is 2.65. The van der Waals surface area contributed by atoms with Crippen molar-refractivity contribution in [3.05, 3.63) is 83.4 Å². The molecule has 2 rings (SSSR count). The molecule has 0 saturated carbocycles. The Labute approximate surface area is 152 Å². The van der Waals surface area contributed by atoms with Crippen molar-refractivity contribution in [1.29, 1.82) is 0 Å². The summed E-state index contributed by atoms with van der Waals surface area (Å²) in [5, 5.41) is 8.29. The van der Waals surface area contributed by atoms with Crippen molar-refractivity contribution in [1.82, 2.24) is 0 Å². The molecule has 25 heavy (non-hydrogen) atoms. The molecule has 0 saturated heterocycles. The standard InChI is InChI=1S/C23H28N2/c1-3-5-6-7-9-21-12-16-23(17-13-21)19-25-24-18-22-14-10-20(8-4-2)11-15-22/h3,10-19H,1,4-9H2,2H3. The average molecular weight is 332 g/mol. The number of rotatable bonds is 10. The van der Waals surface area contributed by atoms with E-state index in [0.29, 0.717) is 0 Å². The highest BCUT2D eigenvalue weighted by atomic mass is 15.2. The molecule has 0 bridgehead atoms. The van der Waals surface area contributed by atoms with Gasteiger partial charge in [-0.05, 0) is 54.4 Å². The summed E-state index contributed by atoms with van der Waals surface area (Å²) in [5.41, 5.74) is 4.89. The average Bonchev–Trinajstić information content (AvgIpc) is 2.65. The highest BCUT2D eigenvalue weighted by Gasteiger charge is 1.94. The van der Waals surface area contributed by atoms with Crippen molar-refractivity contribution in [2.45, 2.75) is 45.4 Å². The highest BCUT2D eigenvalue weighted by Crippen LogP contribution is 2.08. The van der Waals surface area contributed by atoms with Crippen LogP contribution in [0, 0.1) is 0 Å². The topological polar surface area (TPSA) is 24.7 Å². The van der Waals surface area contributed by atoms with Crippen molar-refractivity contribution in [3.8, 4) is 0 Å². The van der Waals surface area contributed by atoms with Gasteiger partial charge < -0.3 is 0 Å². The normalized spacial score (nSPS) is 11.4. The lowest BCUT2D eigenvalue weighted by atomic mass is 10.1. The summed E-state index contributed by atoms with van der Waals surface area (Å²) < 4.78 is 0. The van der Waals surface area contributed by atoms with Gasteiger partial charge in [0.05, 0.1) is 12.4 Å². The Morgan fingerprint density at radius 3 is 1.76 bits per heavy atom. The molecule has 0 aliphatic carbocycles. The molecule has 0 N–H and O–H groups in total. The first-order chi connectivity index (χ1) is 12.3. The van der Waals surface area contributed by atoms with Crippen LogP contribution in [-0.2, 0) is 12.8 Å². The van der Waals surface area contributed by atoms with Gasteiger partial charge in [-0.1, -0.05) is 68.0 Å². The second-order valence-electron chi connectivity index (χ2n) is 6.26. The Morgan fingerprint density at radius 1 is 0.760 bits per heavy atom. The molecule has 0 fully saturated rings. The zero-order valence-electron chi connectivity index (χ0n) is 15.2. The lowest BCUT2D eigenvalue weighted by Gasteiger charge is -2.01. The molecule has 2 aromatic carbocycles. The molecule has 0 unspecified atom stereocenters. The van der Waals surface area contributed by atoms with Gasteiger partial charge in [-0.15, -0.1) is 6.58 Å². The van der Waals surface area contributed by atoms with Gasteiger partial charge in [-0.3, -0.25) is 0 Å². The van der Waals surface area contributed by atoms with Gasteiger partial charge in [0.25, 0.3) is 0 Å². The number of hydrogen-bond donors (Lipinski definition) is 0. The highest BCUT2D eigenvalue weighted by molar-refractivity contribution is 5.82. The Balaban J connectivity index is 1.81. The first-order valence-electron chi connectivity index (χ1n) is 9.17. The quantitative estimate of drug-likeness (QED) is 0.221. The maximum absolute atomic E-state index is 4.15. The molecular formula is C23H28N2. The van der Waals surface area contributed by atoms with Gasteiger partial charge in [0, 0.05) is 0 Å². The molecule has 0 aliphatic rings. The second kappa shape index (κ2) is 11.1. The number of aryl methyl sites for hydroxylation is 2. The number of allylic oxidation sites excluding steroid dienone is 1. The van der Waals surface area contributed by atoms with E-state index >= 15 is 0 Å². The van der Waals surface area contributed by atoms with E-state index in [1.165, 1.54) is 30.4 Å². The third kappa shape index (κ3) is 7.30. The van der Waals surface area contributed by atoms with Crippen LogP contribution in [0.4, 0.5) is 0 Å². The number of hydrogen-bond acceptors (Lipinski definition) is 2. The van der Waals surface area contributed by atoms with E-state index in [-0.39, 0.29) is 0 Å². The lowest BCUT2D eigenvalue weighted by molar-refractivity contribution is 0.748. The van der Waals surface area contributed by atoms with Crippen molar-refractivity contribution in [2.24, 2.45) is 10.2 Å². The van der Waals surface area contributed by atoms with Crippen LogP contribution in [0.1, 0.15) is 54.9 Å². The van der Waals surface area contributed by atoms with Crippen LogP contribution < -0.4 is 0 Å². The van der Waals surface area contributed by atoms with E-state index in [1.807, 2.05) is 6.08 Å². The van der Waals surface area contributed by atoms with Crippen molar-refractivity contribution in [2.75, 3.05) is 0 Å². The molecular weight excluding hydrogens is 304 g/mol. The van der Waals surface area contributed by atoms with Crippen molar-refractivity contribution in [3.63, 3.8) is 0 Å². The zero-order valence-corrected chi connectivity index (χ0v) is 15.2. The molecule has 0 heterocycles. The van der Waals surface area contributed by atoms with Gasteiger partial charge in [-0.25, -0.2) is 0 Å². The van der Waals surface area contributed by atoms with E-state index in [1.54, 1.807) is 12.4 Å². The first kappa shape index (κ1) is 18.9. The molecule has 2 heteroatoms. The molecule has 0 radical (unpaired) electrons. The fourth-order valence-electron chi connectivity index (χ4n) is 2.65. The second-order valence-corrected chi connectivity index (χ2v) is 6.26. The Kier molecular flexibility index (Phi) is 8.40. The van der Waals surface area contributed by atoms with Crippen LogP contribution in [0.2, 0.25) is 0 Å². The molecule has 0 aliphatic heterocycles. The summed E-state index contributed by atoms with van der Waals surface area (Å²) in [7, 11) is 0. The zero-order chi connectivity index (χ0) is 17.7. The van der Waals surface area contributed by atoms with Crippen LogP contribution in [0.3, 0.4) is 0 Å². The summed E-state index contributed by atoms with van der Waals surface area (Å²) in [4.78, 5) is 0. The summed E-state index contributed by atoms with van der Waals surface area (Å²) in [6, 6.07) is 17.0. The minimum atomic E-state index is 1.07. The first-order valence-corrected chi connectivity index (χ1v) is 9.17. The van der Waals surface area contributed by atoms with E-state index in [2.05, 4.69) is 72.2 Å². The smallest absolute Gasteiger partial charge is 0.0568 e. The summed E-state index contributed by atoms with van der Waals surface area (Å²) >= 11 is 0. The molecule has 130 valence electrons. The molecule has 0 aromatic heterocycles. The molecule has 0 spiro atoms. The number of benzene rings is 2. The Bertz CT molecular complexity index is 679. The Morgan fingerprint density at radius 2 is 1.28 bits per heavy atom. The van der Waals surface area contributed by atoms with Crippen LogP contribution in [0.5, 0.6) is 0 Å². The van der Waals surface area contributed by atoms with E-state index in [9.17, 15) is 0 Å². The van der Waals surface area contributed by atoms with Crippen LogP contribution >= 0.6 is 0 Å². The third-order valence-corrected chi connectivity index (χ3v) is 4.10. The van der Waals surface area contributed by atoms with E-state index in [0.717, 1.165) is 30.4 Å². The van der Waals surface area contributed by atoms with Crippen LogP contribution in [-0.4, -0.2) is 12.4 Å². The van der Waals surface area contributed by atoms with Gasteiger partial charge in [-0.2, -0.15) is 10.2 Å². The van der Waals surface area contributed by atoms with E-state index in [4.69, 9.17) is 0 Å². The Hall–Kier alpha value is -2.48. The number of unbranched alkanes of at least 4 members (excludes halogenated alkanes) is 2. The van der Waals surface area contributed by atoms with E-state index < -0.39 is 0 Å². The largest absolute Gasteiger partial charge is 0.159 e. The molecule has 2 aromatic rings. The fraction of sp³-hybridized carbons (Fsp3) is 0.304. The van der Waals surface area contributed by atoms with Crippen LogP contribution in [0.15, 0.2) is 71.4 Å². The van der Waals surface area contributed by atoms with Crippen molar-refractivity contribution < 1.29 is 0 Å². The molecule has 0 atom stereocenters. The summed E-state index contributed by atoms with van der Waals surface area (Å²) in [5.74, 6) is 0. The molecule has 2 nitrogen and oxygen atoms in total. The lowest BCUT2D eigenvalue weighted by Crippen LogP contribution is -1.87. The molecule has 0 amide bonds. The predicted octanol–water partition coefficient (Wildman–Crippen LogP) is 5.99. The van der Waals surface area contributed by atoms with Gasteiger partial charge >= 0.3 is 0 Å². The van der Waals surface area contributed by atoms with Crippen LogP contribution in [0.25, 0.3) is 0 Å². The van der Waals surface area contributed by atoms with Crippen molar-refractivity contribution >= 4 is 12.4 Å². The minimum absolute atomic E-state index is 1.07. The van der Waals surface area contributed by atoms with Gasteiger partial charge in [0.2, 0.25) is 0 Å². The van der Waals surface area contributed by atoms with Gasteiger partial charge in [0.15, 0.2) is 0 Å². The SMILES string of the molecule is C=CCCCCc1ccc(C=NN=Cc2ccc(CCC)cc2)cc1. The minimum Gasteiger partial charge on any atom is -0.159 e. The summed E-state index contributed by atoms with van der Waals surface area (Å²) in [6.07, 6.45) is 12.5. The summed E-state index contributed by atoms with van der Waals surface area (Å²) in [6.45, 7) is 5.95. The van der Waals surface area contributed by atoms with Gasteiger partial charge in [0.1, 0.15) is 0 Å². The maximum atomic E-state index is 4.15. The predicted molar refractivity (Wildman–Crippen MR) is 110 cm³/mol. The monoisotopic (exact) mass is 332 g/mol. The number of nitrogens with zero attached hydrogens (tertiary/aromatic N) is 2. The maximum Gasteiger partial charge on any atom is 0.0568 e.